The zero-order chi connectivity index (χ0) is 17.3. The van der Waals surface area contributed by atoms with Crippen LogP contribution in [0.2, 0.25) is 0 Å². The van der Waals surface area contributed by atoms with Crippen molar-refractivity contribution in [2.24, 2.45) is 5.14 Å². The predicted molar refractivity (Wildman–Crippen MR) is 94.7 cm³/mol. The van der Waals surface area contributed by atoms with E-state index in [1.807, 2.05) is 6.92 Å². The monoisotopic (exact) mass is 364 g/mol. The van der Waals surface area contributed by atoms with Crippen LogP contribution in [0.15, 0.2) is 33.9 Å². The number of amides is 1. The average Bonchev–Trinajstić information content (AvgIpc) is 3.04. The van der Waals surface area contributed by atoms with E-state index in [0.717, 1.165) is 29.7 Å². The number of nitrogens with one attached hydrogen (secondary N) is 1. The van der Waals surface area contributed by atoms with Crippen molar-refractivity contribution >= 4 is 27.3 Å². The molecule has 7 heteroatoms. The molecular weight excluding hydrogens is 344 g/mol. The topological polar surface area (TPSA) is 89.3 Å². The minimum absolute atomic E-state index is 0.00548. The van der Waals surface area contributed by atoms with Crippen molar-refractivity contribution in [2.45, 2.75) is 42.9 Å². The van der Waals surface area contributed by atoms with Crippen LogP contribution in [-0.4, -0.2) is 14.3 Å². The molecule has 1 amide bonds. The molecule has 24 heavy (non-hydrogen) atoms. The van der Waals surface area contributed by atoms with E-state index in [9.17, 15) is 13.2 Å². The van der Waals surface area contributed by atoms with E-state index in [0.29, 0.717) is 5.56 Å². The molecule has 1 unspecified atom stereocenters. The molecule has 1 aliphatic carbocycles. The fraction of sp³-hybridized carbons (Fsp3) is 0.353. The van der Waals surface area contributed by atoms with Crippen molar-refractivity contribution in [1.29, 1.82) is 0 Å². The number of hydrogen-bond acceptors (Lipinski definition) is 4. The summed E-state index contributed by atoms with van der Waals surface area (Å²) in [6.45, 7) is 1.93. The molecule has 1 aromatic carbocycles. The van der Waals surface area contributed by atoms with Crippen LogP contribution in [-0.2, 0) is 22.9 Å². The Morgan fingerprint density at radius 2 is 1.92 bits per heavy atom. The van der Waals surface area contributed by atoms with Crippen molar-refractivity contribution in [3.05, 3.63) is 51.9 Å². The molecule has 0 fully saturated rings. The molecule has 128 valence electrons. The maximum atomic E-state index is 12.3. The van der Waals surface area contributed by atoms with Crippen molar-refractivity contribution in [3.63, 3.8) is 0 Å². The number of sulfonamides is 1. The van der Waals surface area contributed by atoms with Crippen LogP contribution in [0.1, 0.15) is 52.9 Å². The lowest BCUT2D eigenvalue weighted by Gasteiger charge is -2.20. The summed E-state index contributed by atoms with van der Waals surface area (Å²) in [5, 5.41) is 9.50. The number of primary sulfonamides is 1. The molecule has 1 aromatic heterocycles. The molecular formula is C17H20N2O3S2. The van der Waals surface area contributed by atoms with E-state index >= 15 is 0 Å². The van der Waals surface area contributed by atoms with Gasteiger partial charge in [-0.2, -0.15) is 0 Å². The standard InChI is InChI=1S/C17H20N2O3S2/c1-11(13-7-6-12-4-2-3-5-14(12)8-13)19-17(20)15-9-16(23-10-15)24(18,21)22/h6-11H,2-5H2,1H3,(H,19,20)(H2,18,21,22). The van der Waals surface area contributed by atoms with Gasteiger partial charge in [-0.1, -0.05) is 18.2 Å². The van der Waals surface area contributed by atoms with Gasteiger partial charge in [-0.25, -0.2) is 13.6 Å². The molecule has 3 rings (SSSR count). The van der Waals surface area contributed by atoms with Gasteiger partial charge in [-0.05, 0) is 55.4 Å². The first-order valence-electron chi connectivity index (χ1n) is 7.88. The van der Waals surface area contributed by atoms with Crippen LogP contribution >= 0.6 is 11.3 Å². The quantitative estimate of drug-likeness (QED) is 0.874. The summed E-state index contributed by atoms with van der Waals surface area (Å²) in [7, 11) is -3.77. The summed E-state index contributed by atoms with van der Waals surface area (Å²) < 4.78 is 22.6. The van der Waals surface area contributed by atoms with E-state index in [2.05, 4.69) is 23.5 Å². The number of fused-ring (bicyclic) bond motifs is 1. The number of benzene rings is 1. The first-order valence-corrected chi connectivity index (χ1v) is 10.3. The first-order chi connectivity index (χ1) is 11.3. The van der Waals surface area contributed by atoms with Gasteiger partial charge in [0.15, 0.2) is 0 Å². The Labute approximate surface area is 145 Å². The molecule has 0 saturated heterocycles. The van der Waals surface area contributed by atoms with E-state index in [4.69, 9.17) is 5.14 Å². The molecule has 0 spiro atoms. The zero-order valence-electron chi connectivity index (χ0n) is 13.4. The highest BCUT2D eigenvalue weighted by Crippen LogP contribution is 2.25. The Hall–Kier alpha value is -1.70. The smallest absolute Gasteiger partial charge is 0.252 e. The van der Waals surface area contributed by atoms with E-state index in [-0.39, 0.29) is 16.2 Å². The molecule has 0 radical (unpaired) electrons. The Balaban J connectivity index is 1.73. The molecule has 0 aliphatic heterocycles. The summed E-state index contributed by atoms with van der Waals surface area (Å²) in [4.78, 5) is 12.3. The van der Waals surface area contributed by atoms with Crippen LogP contribution < -0.4 is 10.5 Å². The summed E-state index contributed by atoms with van der Waals surface area (Å²) in [6.07, 6.45) is 4.67. The maximum absolute atomic E-state index is 12.3. The van der Waals surface area contributed by atoms with Crippen LogP contribution in [0.25, 0.3) is 0 Å². The maximum Gasteiger partial charge on any atom is 0.252 e. The molecule has 3 N–H and O–H groups in total. The van der Waals surface area contributed by atoms with E-state index in [1.54, 1.807) is 0 Å². The van der Waals surface area contributed by atoms with Gasteiger partial charge in [-0.15, -0.1) is 11.3 Å². The second-order valence-corrected chi connectivity index (χ2v) is 8.83. The highest BCUT2D eigenvalue weighted by molar-refractivity contribution is 7.91. The van der Waals surface area contributed by atoms with E-state index in [1.165, 1.54) is 35.4 Å². The van der Waals surface area contributed by atoms with Gasteiger partial charge in [-0.3, -0.25) is 4.79 Å². The van der Waals surface area contributed by atoms with Gasteiger partial charge in [0.05, 0.1) is 11.6 Å². The van der Waals surface area contributed by atoms with Gasteiger partial charge >= 0.3 is 0 Å². The van der Waals surface area contributed by atoms with Gasteiger partial charge in [0.2, 0.25) is 10.0 Å². The second kappa shape index (κ2) is 6.66. The summed E-state index contributed by atoms with van der Waals surface area (Å²) >= 11 is 0.953. The molecule has 0 bridgehead atoms. The third kappa shape index (κ3) is 3.68. The number of thiophene rings is 1. The van der Waals surface area contributed by atoms with Crippen LogP contribution in [0.5, 0.6) is 0 Å². The number of hydrogen-bond donors (Lipinski definition) is 2. The van der Waals surface area contributed by atoms with Gasteiger partial charge in [0, 0.05) is 5.38 Å². The SMILES string of the molecule is CC(NC(=O)c1csc(S(N)(=O)=O)c1)c1ccc2c(c1)CCCC2. The Morgan fingerprint density at radius 1 is 1.21 bits per heavy atom. The van der Waals surface area contributed by atoms with Crippen molar-refractivity contribution in [3.8, 4) is 0 Å². The van der Waals surface area contributed by atoms with Crippen LogP contribution in [0.3, 0.4) is 0 Å². The number of aryl methyl sites for hydroxylation is 2. The predicted octanol–water partition coefficient (Wildman–Crippen LogP) is 2.77. The van der Waals surface area contributed by atoms with Crippen molar-refractivity contribution in [2.75, 3.05) is 0 Å². The second-order valence-electron chi connectivity index (χ2n) is 6.13. The molecule has 1 atom stereocenters. The minimum Gasteiger partial charge on any atom is -0.345 e. The lowest BCUT2D eigenvalue weighted by molar-refractivity contribution is 0.0940. The van der Waals surface area contributed by atoms with Gasteiger partial charge in [0.25, 0.3) is 5.91 Å². The Bertz CT molecular complexity index is 872. The molecule has 1 aliphatic rings. The summed E-state index contributed by atoms with van der Waals surface area (Å²) in [5.74, 6) is -0.300. The molecule has 5 nitrogen and oxygen atoms in total. The van der Waals surface area contributed by atoms with Crippen molar-refractivity contribution in [1.82, 2.24) is 5.32 Å². The normalized spacial score (nSPS) is 15.6. The number of nitrogens with two attached hydrogens (primary N) is 1. The third-order valence-corrected chi connectivity index (χ3v) is 6.72. The van der Waals surface area contributed by atoms with Crippen LogP contribution in [0, 0.1) is 0 Å². The van der Waals surface area contributed by atoms with Crippen molar-refractivity contribution < 1.29 is 13.2 Å². The number of rotatable bonds is 4. The fourth-order valence-electron chi connectivity index (χ4n) is 2.97. The summed E-state index contributed by atoms with van der Waals surface area (Å²) in [6, 6.07) is 7.54. The molecule has 1 heterocycles. The fourth-order valence-corrected chi connectivity index (χ4v) is 4.56. The zero-order valence-corrected chi connectivity index (χ0v) is 15.0. The highest BCUT2D eigenvalue weighted by Gasteiger charge is 2.18. The highest BCUT2D eigenvalue weighted by atomic mass is 32.2. The average molecular weight is 364 g/mol. The lowest BCUT2D eigenvalue weighted by Crippen LogP contribution is -2.26. The van der Waals surface area contributed by atoms with Gasteiger partial charge in [0.1, 0.15) is 4.21 Å². The molecule has 0 saturated carbocycles. The van der Waals surface area contributed by atoms with Crippen LogP contribution in [0.4, 0.5) is 0 Å². The number of carbonyl (C=O) groups is 1. The molecule has 2 aromatic rings. The Morgan fingerprint density at radius 3 is 2.58 bits per heavy atom. The first kappa shape index (κ1) is 17.1. The third-order valence-electron chi connectivity index (χ3n) is 4.34. The largest absolute Gasteiger partial charge is 0.345 e. The van der Waals surface area contributed by atoms with Gasteiger partial charge < -0.3 is 5.32 Å². The Kier molecular flexibility index (Phi) is 4.76. The summed E-state index contributed by atoms with van der Waals surface area (Å²) in [5.41, 5.74) is 4.14. The number of carbonyl (C=O) groups excluding carboxylic acids is 1. The van der Waals surface area contributed by atoms with E-state index < -0.39 is 10.0 Å². The minimum atomic E-state index is -3.77. The lowest BCUT2D eigenvalue weighted by atomic mass is 9.89.